The average Bonchev–Trinajstić information content (AvgIpc) is 3.45. The van der Waals surface area contributed by atoms with E-state index in [0.29, 0.717) is 19.4 Å². The summed E-state index contributed by atoms with van der Waals surface area (Å²) in [5.74, 6) is -0.0544. The highest BCUT2D eigenvalue weighted by molar-refractivity contribution is 5.76. The van der Waals surface area contributed by atoms with Gasteiger partial charge in [-0.25, -0.2) is 0 Å². The van der Waals surface area contributed by atoms with Gasteiger partial charge in [0, 0.05) is 12.8 Å². The van der Waals surface area contributed by atoms with Gasteiger partial charge in [-0.1, -0.05) is 359 Å². The number of aliphatic hydroxyl groups excluding tert-OH is 2. The number of allylic oxidation sites excluding steroid dienone is 3. The topological polar surface area (TPSA) is 95.9 Å². The van der Waals surface area contributed by atoms with Crippen molar-refractivity contribution in [2.45, 2.75) is 418 Å². The Balaban J connectivity index is 3.39. The van der Waals surface area contributed by atoms with Gasteiger partial charge in [0.15, 0.2) is 0 Å². The molecule has 0 bridgehead atoms. The lowest BCUT2D eigenvalue weighted by Crippen LogP contribution is -2.45. The Morgan fingerprint density at radius 2 is 0.595 bits per heavy atom. The summed E-state index contributed by atoms with van der Waals surface area (Å²) in [6, 6.07) is -0.628. The van der Waals surface area contributed by atoms with Gasteiger partial charge in [0.2, 0.25) is 5.91 Å². The van der Waals surface area contributed by atoms with E-state index in [0.717, 1.165) is 44.9 Å². The van der Waals surface area contributed by atoms with E-state index in [9.17, 15) is 19.8 Å². The highest BCUT2D eigenvalue weighted by Gasteiger charge is 2.18. The third kappa shape index (κ3) is 65.4. The highest BCUT2D eigenvalue weighted by Crippen LogP contribution is 2.19. The molecule has 6 nitrogen and oxygen atoms in total. The zero-order chi connectivity index (χ0) is 57.1. The molecule has 0 fully saturated rings. The molecule has 0 saturated heterocycles. The van der Waals surface area contributed by atoms with Gasteiger partial charge in [0.1, 0.15) is 0 Å². The van der Waals surface area contributed by atoms with Gasteiger partial charge in [-0.15, -0.1) is 0 Å². The first-order valence-electron chi connectivity index (χ1n) is 36.1. The molecule has 0 rings (SSSR count). The normalized spacial score (nSPS) is 12.6. The molecule has 0 aromatic rings. The van der Waals surface area contributed by atoms with E-state index in [2.05, 4.69) is 31.3 Å². The van der Waals surface area contributed by atoms with Crippen LogP contribution in [0.25, 0.3) is 0 Å². The molecule has 2 unspecified atom stereocenters. The van der Waals surface area contributed by atoms with Crippen molar-refractivity contribution in [1.29, 1.82) is 0 Å². The van der Waals surface area contributed by atoms with Gasteiger partial charge >= 0.3 is 5.97 Å². The number of carbonyl (C=O) groups is 2. The van der Waals surface area contributed by atoms with Crippen LogP contribution in [-0.4, -0.2) is 47.4 Å². The molecule has 468 valence electrons. The van der Waals surface area contributed by atoms with Gasteiger partial charge in [-0.05, 0) is 57.8 Å². The molecule has 0 aromatic heterocycles. The summed E-state index contributed by atoms with van der Waals surface area (Å²) in [4.78, 5) is 24.6. The quantitative estimate of drug-likeness (QED) is 0.0320. The lowest BCUT2D eigenvalue weighted by molar-refractivity contribution is -0.143. The molecule has 0 saturated carbocycles. The summed E-state index contributed by atoms with van der Waals surface area (Å²) in [5, 5.41) is 23.3. The average molecular weight is 1110 g/mol. The molecule has 1 amide bonds. The second-order valence-electron chi connectivity index (χ2n) is 24.9. The fourth-order valence-electron chi connectivity index (χ4n) is 11.5. The van der Waals surface area contributed by atoms with Gasteiger partial charge in [-0.2, -0.15) is 0 Å². The number of rotatable bonds is 68. The molecule has 0 aromatic carbocycles. The Labute approximate surface area is 494 Å². The van der Waals surface area contributed by atoms with E-state index >= 15 is 0 Å². The summed E-state index contributed by atoms with van der Waals surface area (Å²) in [5.41, 5.74) is 0. The first-order chi connectivity index (χ1) is 39.0. The largest absolute Gasteiger partial charge is 0.466 e. The van der Waals surface area contributed by atoms with Crippen molar-refractivity contribution >= 4 is 11.9 Å². The van der Waals surface area contributed by atoms with Crippen molar-refractivity contribution in [3.05, 3.63) is 24.3 Å². The zero-order valence-corrected chi connectivity index (χ0v) is 53.6. The lowest BCUT2D eigenvalue weighted by atomic mass is 10.0. The van der Waals surface area contributed by atoms with Gasteiger partial charge < -0.3 is 20.3 Å². The van der Waals surface area contributed by atoms with Crippen molar-refractivity contribution in [1.82, 2.24) is 5.32 Å². The molecular weight excluding hydrogens is 971 g/mol. The Bertz CT molecular complexity index is 1230. The SMILES string of the molecule is CCCCCCCC/C=C\CCCCCCCC(=O)OCCCCCCCCCCCCCCCCCCCCCCCCCCC(=O)NC(CO)C(O)/C=C/CCCCCCCCCCCCCCCCCCCCCCC. The first kappa shape index (κ1) is 77.3. The first-order valence-corrected chi connectivity index (χ1v) is 36.1. The molecule has 3 N–H and O–H groups in total. The van der Waals surface area contributed by atoms with Gasteiger partial charge in [-0.3, -0.25) is 9.59 Å². The molecule has 6 heteroatoms. The van der Waals surface area contributed by atoms with Crippen LogP contribution in [0.3, 0.4) is 0 Å². The predicted octanol–water partition coefficient (Wildman–Crippen LogP) is 23.3. The van der Waals surface area contributed by atoms with Crippen LogP contribution in [0.2, 0.25) is 0 Å². The van der Waals surface area contributed by atoms with E-state index < -0.39 is 12.1 Å². The maximum Gasteiger partial charge on any atom is 0.305 e. The number of hydrogen-bond acceptors (Lipinski definition) is 5. The molecule has 0 aliphatic carbocycles. The standard InChI is InChI=1S/C73H141NO5/c1-3-5-7-9-11-13-15-17-19-20-21-22-25-28-31-34-38-41-45-49-53-57-61-65-71(76)70(69-75)74-72(77)66-62-58-54-50-46-42-39-35-32-29-26-23-24-27-30-33-36-40-44-48-52-56-60-64-68-79-73(78)67-63-59-55-51-47-43-37-18-16-14-12-10-8-6-4-2/h18,37,61,65,70-71,75-76H,3-17,19-36,38-60,62-64,66-69H2,1-2H3,(H,74,77)/b37-18-,65-61+. The molecule has 0 heterocycles. The Kier molecular flexibility index (Phi) is 67.4. The third-order valence-corrected chi connectivity index (χ3v) is 17.0. The Morgan fingerprint density at radius 1 is 0.342 bits per heavy atom. The minimum Gasteiger partial charge on any atom is -0.466 e. The van der Waals surface area contributed by atoms with Crippen molar-refractivity contribution in [3.8, 4) is 0 Å². The maximum absolute atomic E-state index is 12.5. The van der Waals surface area contributed by atoms with Crippen molar-refractivity contribution in [3.63, 3.8) is 0 Å². The molecule has 0 radical (unpaired) electrons. The third-order valence-electron chi connectivity index (χ3n) is 17.0. The van der Waals surface area contributed by atoms with Crippen LogP contribution < -0.4 is 5.32 Å². The zero-order valence-electron chi connectivity index (χ0n) is 53.6. The summed E-state index contributed by atoms with van der Waals surface area (Å²) >= 11 is 0. The fraction of sp³-hybridized carbons (Fsp3) is 0.918. The van der Waals surface area contributed by atoms with E-state index in [1.54, 1.807) is 6.08 Å². The lowest BCUT2D eigenvalue weighted by Gasteiger charge is -2.20. The van der Waals surface area contributed by atoms with Crippen LogP contribution in [0.5, 0.6) is 0 Å². The number of amides is 1. The number of ether oxygens (including phenoxy) is 1. The van der Waals surface area contributed by atoms with Crippen LogP contribution >= 0.6 is 0 Å². The fourth-order valence-corrected chi connectivity index (χ4v) is 11.5. The molecular formula is C73H141NO5. The number of nitrogens with one attached hydrogen (secondary N) is 1. The highest BCUT2D eigenvalue weighted by atomic mass is 16.5. The Hall–Kier alpha value is -1.66. The second-order valence-corrected chi connectivity index (χ2v) is 24.9. The van der Waals surface area contributed by atoms with Gasteiger partial charge in [0.25, 0.3) is 0 Å². The number of hydrogen-bond donors (Lipinski definition) is 3. The monoisotopic (exact) mass is 1110 g/mol. The Morgan fingerprint density at radius 3 is 0.899 bits per heavy atom. The van der Waals surface area contributed by atoms with Crippen LogP contribution in [0, 0.1) is 0 Å². The smallest absolute Gasteiger partial charge is 0.305 e. The molecule has 2 atom stereocenters. The summed E-state index contributed by atoms with van der Waals surface area (Å²) in [7, 11) is 0. The number of unbranched alkanes of at least 4 members (excludes halogenated alkanes) is 55. The summed E-state index contributed by atoms with van der Waals surface area (Å²) in [6.07, 6.45) is 86.9. The number of carbonyl (C=O) groups excluding carboxylic acids is 2. The van der Waals surface area contributed by atoms with E-state index in [-0.39, 0.29) is 18.5 Å². The van der Waals surface area contributed by atoms with E-state index in [1.807, 2.05) is 6.08 Å². The van der Waals surface area contributed by atoms with Gasteiger partial charge in [0.05, 0.1) is 25.4 Å². The van der Waals surface area contributed by atoms with Crippen molar-refractivity contribution < 1.29 is 24.5 Å². The molecule has 0 aliphatic rings. The van der Waals surface area contributed by atoms with Crippen LogP contribution in [0.4, 0.5) is 0 Å². The second kappa shape index (κ2) is 68.8. The minimum absolute atomic E-state index is 0.00795. The molecule has 79 heavy (non-hydrogen) atoms. The summed E-state index contributed by atoms with van der Waals surface area (Å²) in [6.45, 7) is 4.94. The molecule has 0 aliphatic heterocycles. The number of esters is 1. The van der Waals surface area contributed by atoms with E-state index in [1.165, 1.54) is 334 Å². The van der Waals surface area contributed by atoms with Crippen molar-refractivity contribution in [2.24, 2.45) is 0 Å². The summed E-state index contributed by atoms with van der Waals surface area (Å²) < 4.78 is 5.49. The maximum atomic E-state index is 12.5. The van der Waals surface area contributed by atoms with Crippen LogP contribution in [0.15, 0.2) is 24.3 Å². The minimum atomic E-state index is -0.845. The predicted molar refractivity (Wildman–Crippen MR) is 347 cm³/mol. The number of aliphatic hydroxyl groups is 2. The molecule has 0 spiro atoms. The van der Waals surface area contributed by atoms with Crippen LogP contribution in [0.1, 0.15) is 406 Å². The van der Waals surface area contributed by atoms with E-state index in [4.69, 9.17) is 4.74 Å². The van der Waals surface area contributed by atoms with Crippen LogP contribution in [-0.2, 0) is 14.3 Å². The van der Waals surface area contributed by atoms with Crippen molar-refractivity contribution in [2.75, 3.05) is 13.2 Å².